The minimum absolute atomic E-state index is 0.00348. The zero-order valence-electron chi connectivity index (χ0n) is 15.3. The molecule has 0 radical (unpaired) electrons. The highest BCUT2D eigenvalue weighted by molar-refractivity contribution is 5.98. The minimum atomic E-state index is -0.884. The summed E-state index contributed by atoms with van der Waals surface area (Å²) in [6.07, 6.45) is 0.792. The highest BCUT2D eigenvalue weighted by atomic mass is 19.1. The van der Waals surface area contributed by atoms with Gasteiger partial charge in [-0.1, -0.05) is 12.1 Å². The van der Waals surface area contributed by atoms with E-state index in [1.54, 1.807) is 18.2 Å². The van der Waals surface area contributed by atoms with E-state index in [0.29, 0.717) is 31.6 Å². The second-order valence-electron chi connectivity index (χ2n) is 6.66. The summed E-state index contributed by atoms with van der Waals surface area (Å²) in [5, 5.41) is 11.2. The summed E-state index contributed by atoms with van der Waals surface area (Å²) in [7, 11) is 0. The summed E-state index contributed by atoms with van der Waals surface area (Å²) in [6, 6.07) is 8.86. The van der Waals surface area contributed by atoms with Crippen molar-refractivity contribution in [2.45, 2.75) is 12.8 Å². The Balaban J connectivity index is 1.55. The van der Waals surface area contributed by atoms with Gasteiger partial charge in [0.25, 0.3) is 5.69 Å². The first-order chi connectivity index (χ1) is 13.9. The highest BCUT2D eigenvalue weighted by Crippen LogP contribution is 2.31. The summed E-state index contributed by atoms with van der Waals surface area (Å²) in [5.74, 6) is -3.54. The van der Waals surface area contributed by atoms with Crippen molar-refractivity contribution in [2.75, 3.05) is 24.6 Å². The Morgan fingerprint density at radius 2 is 1.83 bits per heavy atom. The lowest BCUT2D eigenvalue weighted by molar-refractivity contribution is -0.384. The third kappa shape index (κ3) is 4.74. The minimum Gasteiger partial charge on any atom is -0.457 e. The maximum atomic E-state index is 13.6. The van der Waals surface area contributed by atoms with Gasteiger partial charge in [0.05, 0.1) is 16.4 Å². The van der Waals surface area contributed by atoms with Crippen molar-refractivity contribution < 1.29 is 28.0 Å². The number of ether oxygens (including phenoxy) is 1. The molecule has 3 rings (SSSR count). The number of benzene rings is 2. The fourth-order valence-electron chi connectivity index (χ4n) is 3.29. The van der Waals surface area contributed by atoms with Crippen LogP contribution in [0.1, 0.15) is 23.2 Å². The average molecular weight is 404 g/mol. The van der Waals surface area contributed by atoms with Crippen LogP contribution in [-0.4, -0.2) is 36.4 Å². The summed E-state index contributed by atoms with van der Waals surface area (Å²) in [5.41, 5.74) is 0.0151. The predicted octanol–water partition coefficient (Wildman–Crippen LogP) is 3.52. The number of rotatable bonds is 6. The van der Waals surface area contributed by atoms with Gasteiger partial charge in [0.2, 0.25) is 5.78 Å². The lowest BCUT2D eigenvalue weighted by Gasteiger charge is -2.32. The molecule has 1 fully saturated rings. The van der Waals surface area contributed by atoms with E-state index in [1.807, 2.05) is 4.90 Å². The molecule has 0 bridgehead atoms. The van der Waals surface area contributed by atoms with E-state index in [0.717, 1.165) is 18.2 Å². The fraction of sp³-hybridized carbons (Fsp3) is 0.300. The van der Waals surface area contributed by atoms with Gasteiger partial charge in [-0.05, 0) is 37.1 Å². The Morgan fingerprint density at radius 3 is 2.52 bits per heavy atom. The molecule has 1 saturated heterocycles. The Morgan fingerprint density at radius 1 is 1.14 bits per heavy atom. The van der Waals surface area contributed by atoms with Crippen molar-refractivity contribution in [1.29, 1.82) is 0 Å². The summed E-state index contributed by atoms with van der Waals surface area (Å²) in [4.78, 5) is 36.8. The number of para-hydroxylation sites is 2. The Bertz CT molecular complexity index is 942. The molecule has 0 aliphatic carbocycles. The molecular weight excluding hydrogens is 386 g/mol. The van der Waals surface area contributed by atoms with E-state index in [-0.39, 0.29) is 5.69 Å². The van der Waals surface area contributed by atoms with Gasteiger partial charge in [-0.2, -0.15) is 0 Å². The van der Waals surface area contributed by atoms with Crippen molar-refractivity contribution in [2.24, 2.45) is 5.92 Å². The molecule has 0 atom stereocenters. The van der Waals surface area contributed by atoms with Gasteiger partial charge in [-0.3, -0.25) is 19.7 Å². The predicted molar refractivity (Wildman–Crippen MR) is 99.7 cm³/mol. The molecule has 9 heteroatoms. The van der Waals surface area contributed by atoms with Crippen molar-refractivity contribution in [3.8, 4) is 0 Å². The van der Waals surface area contributed by atoms with Gasteiger partial charge in [-0.25, -0.2) is 8.78 Å². The lowest BCUT2D eigenvalue weighted by Crippen LogP contribution is -2.37. The highest BCUT2D eigenvalue weighted by Gasteiger charge is 2.29. The second kappa shape index (κ2) is 8.76. The first-order valence-corrected chi connectivity index (χ1v) is 9.00. The smallest absolute Gasteiger partial charge is 0.309 e. The van der Waals surface area contributed by atoms with Gasteiger partial charge in [0, 0.05) is 19.2 Å². The number of hydrogen-bond acceptors (Lipinski definition) is 6. The van der Waals surface area contributed by atoms with Crippen LogP contribution in [0.5, 0.6) is 0 Å². The molecule has 0 amide bonds. The van der Waals surface area contributed by atoms with Crippen LogP contribution in [-0.2, 0) is 9.53 Å². The van der Waals surface area contributed by atoms with E-state index < -0.39 is 46.4 Å². The summed E-state index contributed by atoms with van der Waals surface area (Å²) in [6.45, 7) is 0.151. The van der Waals surface area contributed by atoms with Crippen LogP contribution in [0.4, 0.5) is 20.2 Å². The molecule has 2 aromatic carbocycles. The first-order valence-electron chi connectivity index (χ1n) is 9.00. The van der Waals surface area contributed by atoms with Gasteiger partial charge in [-0.15, -0.1) is 0 Å². The van der Waals surface area contributed by atoms with Gasteiger partial charge < -0.3 is 9.64 Å². The molecule has 1 aliphatic heterocycles. The lowest BCUT2D eigenvalue weighted by atomic mass is 9.96. The second-order valence-corrected chi connectivity index (χ2v) is 6.66. The number of hydrogen-bond donors (Lipinski definition) is 0. The molecule has 2 aromatic rings. The Labute approximate surface area is 165 Å². The van der Waals surface area contributed by atoms with E-state index >= 15 is 0 Å². The number of nitro benzene ring substituents is 1. The van der Waals surface area contributed by atoms with E-state index in [2.05, 4.69) is 0 Å². The third-order valence-electron chi connectivity index (χ3n) is 4.82. The normalized spacial score (nSPS) is 14.5. The third-order valence-corrected chi connectivity index (χ3v) is 4.82. The molecular formula is C20H18F2N2O5. The maximum Gasteiger partial charge on any atom is 0.309 e. The van der Waals surface area contributed by atoms with Crippen LogP contribution in [0.2, 0.25) is 0 Å². The van der Waals surface area contributed by atoms with Gasteiger partial charge in [0.1, 0.15) is 17.3 Å². The molecule has 0 aromatic heterocycles. The SMILES string of the molecule is O=C(COC(=O)C1CCN(c2ccccc2[N+](=O)[O-])CC1)c1cc(F)ccc1F. The number of carbonyl (C=O) groups excluding carboxylic acids is 2. The van der Waals surface area contributed by atoms with E-state index in [9.17, 15) is 28.5 Å². The van der Waals surface area contributed by atoms with Crippen LogP contribution in [0.15, 0.2) is 42.5 Å². The number of esters is 1. The number of carbonyl (C=O) groups is 2. The van der Waals surface area contributed by atoms with Crippen molar-refractivity contribution in [3.63, 3.8) is 0 Å². The number of Topliss-reactive ketones (excluding diaryl/α,β-unsaturated/α-hetero) is 1. The van der Waals surface area contributed by atoms with Crippen molar-refractivity contribution in [1.82, 2.24) is 0 Å². The molecule has 0 spiro atoms. The number of anilines is 1. The standard InChI is InChI=1S/C20H18F2N2O5/c21-14-5-6-16(22)15(11-14)19(25)12-29-20(26)13-7-9-23(10-8-13)17-3-1-2-4-18(17)24(27)28/h1-6,11,13H,7-10,12H2. The number of nitrogens with zero attached hydrogens (tertiary/aromatic N) is 2. The average Bonchev–Trinajstić information content (AvgIpc) is 2.73. The largest absolute Gasteiger partial charge is 0.457 e. The van der Waals surface area contributed by atoms with E-state index in [4.69, 9.17) is 4.74 Å². The fourth-order valence-corrected chi connectivity index (χ4v) is 3.29. The van der Waals surface area contributed by atoms with Gasteiger partial charge >= 0.3 is 5.97 Å². The monoisotopic (exact) mass is 404 g/mol. The summed E-state index contributed by atoms with van der Waals surface area (Å²) < 4.78 is 31.8. The molecule has 152 valence electrons. The van der Waals surface area contributed by atoms with Crippen LogP contribution in [0.3, 0.4) is 0 Å². The van der Waals surface area contributed by atoms with E-state index in [1.165, 1.54) is 6.07 Å². The first kappa shape index (κ1) is 20.4. The quantitative estimate of drug-likeness (QED) is 0.317. The molecule has 29 heavy (non-hydrogen) atoms. The molecule has 0 unspecified atom stereocenters. The maximum absolute atomic E-state index is 13.6. The number of ketones is 1. The number of piperidine rings is 1. The van der Waals surface area contributed by atoms with Crippen LogP contribution >= 0.6 is 0 Å². The molecule has 1 aliphatic rings. The molecule has 7 nitrogen and oxygen atoms in total. The Kier molecular flexibility index (Phi) is 6.16. The zero-order valence-corrected chi connectivity index (χ0v) is 15.3. The van der Waals surface area contributed by atoms with Gasteiger partial charge in [0.15, 0.2) is 6.61 Å². The van der Waals surface area contributed by atoms with Crippen LogP contribution in [0, 0.1) is 27.7 Å². The van der Waals surface area contributed by atoms with Crippen molar-refractivity contribution in [3.05, 3.63) is 69.8 Å². The zero-order chi connectivity index (χ0) is 21.0. The number of halogens is 2. The Hall–Kier alpha value is -3.36. The van der Waals surface area contributed by atoms with Crippen LogP contribution < -0.4 is 4.90 Å². The molecule has 1 heterocycles. The van der Waals surface area contributed by atoms with Crippen LogP contribution in [0.25, 0.3) is 0 Å². The topological polar surface area (TPSA) is 89.8 Å². The summed E-state index contributed by atoms with van der Waals surface area (Å²) >= 11 is 0. The van der Waals surface area contributed by atoms with Crippen molar-refractivity contribution >= 4 is 23.1 Å². The molecule has 0 N–H and O–H groups in total. The molecule has 0 saturated carbocycles. The number of nitro groups is 1.